The van der Waals surface area contributed by atoms with Gasteiger partial charge in [0.15, 0.2) is 5.16 Å². The van der Waals surface area contributed by atoms with Crippen molar-refractivity contribution >= 4 is 33.3 Å². The van der Waals surface area contributed by atoms with E-state index in [1.807, 2.05) is 13.8 Å². The van der Waals surface area contributed by atoms with Crippen LogP contribution < -0.4 is 5.56 Å². The van der Waals surface area contributed by atoms with Crippen molar-refractivity contribution in [1.82, 2.24) is 9.55 Å². The molecular formula is C10H10N2OS2. The van der Waals surface area contributed by atoms with Gasteiger partial charge < -0.3 is 0 Å². The highest BCUT2D eigenvalue weighted by molar-refractivity contribution is 7.99. The highest BCUT2D eigenvalue weighted by Crippen LogP contribution is 2.30. The Morgan fingerprint density at radius 1 is 1.40 bits per heavy atom. The molecule has 0 unspecified atom stereocenters. The van der Waals surface area contributed by atoms with E-state index < -0.39 is 0 Å². The van der Waals surface area contributed by atoms with Crippen molar-refractivity contribution in [1.29, 1.82) is 0 Å². The lowest BCUT2D eigenvalue weighted by atomic mass is 10.2. The first-order valence-corrected chi connectivity index (χ1v) is 6.62. The van der Waals surface area contributed by atoms with Crippen LogP contribution in [0.4, 0.5) is 0 Å². The first kappa shape index (κ1) is 9.42. The van der Waals surface area contributed by atoms with E-state index in [-0.39, 0.29) is 5.56 Å². The number of thioether (sulfide) groups is 1. The largest absolute Gasteiger partial charge is 0.286 e. The van der Waals surface area contributed by atoms with Crippen molar-refractivity contribution in [2.75, 3.05) is 5.75 Å². The number of aryl methyl sites for hydroxylation is 2. The van der Waals surface area contributed by atoms with E-state index in [1.54, 1.807) is 27.7 Å². The third-order valence-electron chi connectivity index (χ3n) is 2.80. The fraction of sp³-hybridized carbons (Fsp3) is 0.400. The van der Waals surface area contributed by atoms with E-state index in [9.17, 15) is 4.79 Å². The van der Waals surface area contributed by atoms with Crippen LogP contribution in [0.5, 0.6) is 0 Å². The van der Waals surface area contributed by atoms with Crippen LogP contribution in [0.15, 0.2) is 9.95 Å². The van der Waals surface area contributed by atoms with Crippen LogP contribution in [-0.4, -0.2) is 15.3 Å². The molecule has 0 aliphatic carbocycles. The van der Waals surface area contributed by atoms with Gasteiger partial charge in [0.05, 0.1) is 5.39 Å². The Morgan fingerprint density at radius 2 is 2.20 bits per heavy atom. The van der Waals surface area contributed by atoms with E-state index in [1.165, 1.54) is 4.88 Å². The van der Waals surface area contributed by atoms with Gasteiger partial charge in [-0.3, -0.25) is 9.36 Å². The molecule has 2 aromatic heterocycles. The van der Waals surface area contributed by atoms with E-state index in [0.29, 0.717) is 0 Å². The Morgan fingerprint density at radius 3 is 3.00 bits per heavy atom. The Kier molecular flexibility index (Phi) is 1.94. The Labute approximate surface area is 95.1 Å². The van der Waals surface area contributed by atoms with Crippen molar-refractivity contribution in [3.05, 3.63) is 20.8 Å². The summed E-state index contributed by atoms with van der Waals surface area (Å²) >= 11 is 3.29. The summed E-state index contributed by atoms with van der Waals surface area (Å²) in [7, 11) is 0. The van der Waals surface area contributed by atoms with E-state index in [4.69, 9.17) is 0 Å². The number of hydrogen-bond acceptors (Lipinski definition) is 4. The molecule has 3 nitrogen and oxygen atoms in total. The second-order valence-corrected chi connectivity index (χ2v) is 5.93. The molecule has 1 aliphatic rings. The number of nitrogens with zero attached hydrogens (tertiary/aromatic N) is 2. The predicted octanol–water partition coefficient (Wildman–Crippen LogP) is 2.18. The summed E-state index contributed by atoms with van der Waals surface area (Å²) in [4.78, 5) is 18.8. The first-order valence-electron chi connectivity index (χ1n) is 4.82. The third-order valence-corrected chi connectivity index (χ3v) is 4.86. The van der Waals surface area contributed by atoms with Crippen LogP contribution in [-0.2, 0) is 6.54 Å². The molecule has 0 N–H and O–H groups in total. The smallest absolute Gasteiger partial charge is 0.263 e. The van der Waals surface area contributed by atoms with Crippen LogP contribution in [0.25, 0.3) is 10.2 Å². The average Bonchev–Trinajstić information content (AvgIpc) is 2.74. The van der Waals surface area contributed by atoms with Gasteiger partial charge in [0, 0.05) is 17.2 Å². The molecule has 78 valence electrons. The summed E-state index contributed by atoms with van der Waals surface area (Å²) in [6.07, 6.45) is 0. The molecule has 5 heteroatoms. The third kappa shape index (κ3) is 1.19. The summed E-state index contributed by atoms with van der Waals surface area (Å²) in [6, 6.07) is 0. The zero-order chi connectivity index (χ0) is 10.6. The quantitative estimate of drug-likeness (QED) is 0.660. The number of hydrogen-bond donors (Lipinski definition) is 0. The van der Waals surface area contributed by atoms with Crippen molar-refractivity contribution in [2.45, 2.75) is 25.5 Å². The second-order valence-electron chi connectivity index (χ2n) is 3.66. The fourth-order valence-corrected chi connectivity index (χ4v) is 3.86. The topological polar surface area (TPSA) is 34.9 Å². The SMILES string of the molecule is Cc1sc2nc3n(c(=O)c2c1C)CCS3. The zero-order valence-electron chi connectivity index (χ0n) is 8.53. The number of aromatic nitrogens is 2. The molecule has 0 amide bonds. The molecule has 0 fully saturated rings. The zero-order valence-corrected chi connectivity index (χ0v) is 10.2. The average molecular weight is 238 g/mol. The number of thiophene rings is 1. The van der Waals surface area contributed by atoms with Gasteiger partial charge in [0.1, 0.15) is 4.83 Å². The molecule has 1 aliphatic heterocycles. The van der Waals surface area contributed by atoms with Gasteiger partial charge in [-0.2, -0.15) is 0 Å². The van der Waals surface area contributed by atoms with E-state index in [2.05, 4.69) is 4.98 Å². The lowest BCUT2D eigenvalue weighted by Crippen LogP contribution is -2.20. The van der Waals surface area contributed by atoms with Gasteiger partial charge >= 0.3 is 0 Å². The highest BCUT2D eigenvalue weighted by Gasteiger charge is 2.19. The molecule has 3 rings (SSSR count). The van der Waals surface area contributed by atoms with Crippen LogP contribution in [0.3, 0.4) is 0 Å². The standard InChI is InChI=1S/C10H10N2OS2/c1-5-6(2)15-8-7(5)9(13)12-3-4-14-10(12)11-8/h3-4H2,1-2H3. The summed E-state index contributed by atoms with van der Waals surface area (Å²) in [5.74, 6) is 0.970. The molecule has 0 radical (unpaired) electrons. The summed E-state index contributed by atoms with van der Waals surface area (Å²) < 4.78 is 1.80. The van der Waals surface area contributed by atoms with Gasteiger partial charge in [-0.1, -0.05) is 11.8 Å². The van der Waals surface area contributed by atoms with Crippen LogP contribution in [0, 0.1) is 13.8 Å². The molecule has 0 aromatic carbocycles. The normalized spacial score (nSPS) is 14.8. The maximum Gasteiger partial charge on any atom is 0.263 e. The lowest BCUT2D eigenvalue weighted by molar-refractivity contribution is 0.669. The van der Waals surface area contributed by atoms with Crippen LogP contribution >= 0.6 is 23.1 Å². The van der Waals surface area contributed by atoms with Gasteiger partial charge in [-0.25, -0.2) is 4.98 Å². The first-order chi connectivity index (χ1) is 7.18. The Balaban J connectivity index is 2.52. The van der Waals surface area contributed by atoms with Crippen molar-refractivity contribution < 1.29 is 0 Å². The monoisotopic (exact) mass is 238 g/mol. The summed E-state index contributed by atoms with van der Waals surface area (Å²) in [5.41, 5.74) is 1.24. The van der Waals surface area contributed by atoms with Gasteiger partial charge in [0.25, 0.3) is 5.56 Å². The van der Waals surface area contributed by atoms with Crippen molar-refractivity contribution in [3.63, 3.8) is 0 Å². The molecule has 0 saturated carbocycles. The minimum Gasteiger partial charge on any atom is -0.286 e. The maximum absolute atomic E-state index is 12.2. The van der Waals surface area contributed by atoms with Crippen LogP contribution in [0.2, 0.25) is 0 Å². The summed E-state index contributed by atoms with van der Waals surface area (Å²) in [5, 5.41) is 1.71. The molecule has 0 bridgehead atoms. The fourth-order valence-electron chi connectivity index (χ4n) is 1.84. The second kappa shape index (κ2) is 3.09. The Bertz CT molecular complexity index is 612. The predicted molar refractivity (Wildman–Crippen MR) is 64.1 cm³/mol. The molecule has 2 aromatic rings. The lowest BCUT2D eigenvalue weighted by Gasteiger charge is -2.00. The Hall–Kier alpha value is -0.810. The number of rotatable bonds is 0. The van der Waals surface area contributed by atoms with Crippen molar-refractivity contribution in [3.8, 4) is 0 Å². The molecular weight excluding hydrogens is 228 g/mol. The summed E-state index contributed by atoms with van der Waals surface area (Å²) in [6.45, 7) is 4.85. The molecule has 0 spiro atoms. The molecule has 15 heavy (non-hydrogen) atoms. The molecule has 0 atom stereocenters. The van der Waals surface area contributed by atoms with Gasteiger partial charge in [-0.05, 0) is 19.4 Å². The van der Waals surface area contributed by atoms with Crippen molar-refractivity contribution in [2.24, 2.45) is 0 Å². The van der Waals surface area contributed by atoms with Gasteiger partial charge in [-0.15, -0.1) is 11.3 Å². The van der Waals surface area contributed by atoms with E-state index >= 15 is 0 Å². The van der Waals surface area contributed by atoms with Gasteiger partial charge in [0.2, 0.25) is 0 Å². The van der Waals surface area contributed by atoms with Crippen LogP contribution in [0.1, 0.15) is 10.4 Å². The highest BCUT2D eigenvalue weighted by atomic mass is 32.2. The molecule has 3 heterocycles. The van der Waals surface area contributed by atoms with E-state index in [0.717, 1.165) is 33.2 Å². The minimum atomic E-state index is 0.141. The maximum atomic E-state index is 12.2. The minimum absolute atomic E-state index is 0.141. The molecule has 0 saturated heterocycles. The number of fused-ring (bicyclic) bond motifs is 2.